The van der Waals surface area contributed by atoms with E-state index in [1.165, 1.54) is 24.3 Å². The van der Waals surface area contributed by atoms with E-state index >= 15 is 0 Å². The standard InChI is InChI=1S/C11H8BrF3N4/c12-8-5-9(16)19-10(18-8)17-7-4-2-1-3-6(7)11(13,14)15/h1-5H,(H3,16,17,18,19). The van der Waals surface area contributed by atoms with E-state index in [0.29, 0.717) is 4.60 Å². The molecule has 0 radical (unpaired) electrons. The van der Waals surface area contributed by atoms with Gasteiger partial charge in [0.15, 0.2) is 0 Å². The molecule has 0 aliphatic carbocycles. The highest BCUT2D eigenvalue weighted by atomic mass is 79.9. The van der Waals surface area contributed by atoms with E-state index in [9.17, 15) is 13.2 Å². The molecule has 0 aliphatic rings. The van der Waals surface area contributed by atoms with Gasteiger partial charge in [-0.3, -0.25) is 0 Å². The Bertz CT molecular complexity index is 580. The van der Waals surface area contributed by atoms with Gasteiger partial charge in [0.05, 0.1) is 11.3 Å². The zero-order chi connectivity index (χ0) is 14.0. The number of nitrogens with one attached hydrogen (secondary N) is 1. The Morgan fingerprint density at radius 1 is 1.16 bits per heavy atom. The molecule has 0 atom stereocenters. The number of nitrogens with zero attached hydrogens (tertiary/aromatic N) is 2. The molecule has 1 aromatic heterocycles. The maximum Gasteiger partial charge on any atom is 0.418 e. The molecule has 0 aliphatic heterocycles. The van der Waals surface area contributed by atoms with Crippen molar-refractivity contribution < 1.29 is 13.2 Å². The smallest absolute Gasteiger partial charge is 0.383 e. The van der Waals surface area contributed by atoms with Crippen molar-refractivity contribution in [3.63, 3.8) is 0 Å². The average molecular weight is 333 g/mol. The molecule has 4 nitrogen and oxygen atoms in total. The van der Waals surface area contributed by atoms with Gasteiger partial charge in [0.1, 0.15) is 10.4 Å². The lowest BCUT2D eigenvalue weighted by molar-refractivity contribution is -0.136. The van der Waals surface area contributed by atoms with Crippen molar-refractivity contribution in [2.45, 2.75) is 6.18 Å². The number of anilines is 3. The van der Waals surface area contributed by atoms with Gasteiger partial charge in [-0.05, 0) is 28.1 Å². The second-order valence-corrected chi connectivity index (χ2v) is 4.42. The lowest BCUT2D eigenvalue weighted by atomic mass is 10.1. The first-order valence-electron chi connectivity index (χ1n) is 5.09. The van der Waals surface area contributed by atoms with Gasteiger partial charge < -0.3 is 11.1 Å². The van der Waals surface area contributed by atoms with Gasteiger partial charge in [-0.25, -0.2) is 4.98 Å². The lowest BCUT2D eigenvalue weighted by Gasteiger charge is -2.13. The molecular weight excluding hydrogens is 325 g/mol. The van der Waals surface area contributed by atoms with E-state index in [0.717, 1.165) is 6.07 Å². The largest absolute Gasteiger partial charge is 0.418 e. The summed E-state index contributed by atoms with van der Waals surface area (Å²) in [6.07, 6.45) is -4.46. The molecule has 19 heavy (non-hydrogen) atoms. The van der Waals surface area contributed by atoms with Gasteiger partial charge in [0.2, 0.25) is 5.95 Å². The molecule has 0 unspecified atom stereocenters. The second kappa shape index (κ2) is 5.04. The van der Waals surface area contributed by atoms with Crippen LogP contribution in [0.1, 0.15) is 5.56 Å². The molecule has 100 valence electrons. The van der Waals surface area contributed by atoms with E-state index in [1.807, 2.05) is 0 Å². The summed E-state index contributed by atoms with van der Waals surface area (Å²) in [6.45, 7) is 0. The Morgan fingerprint density at radius 3 is 2.47 bits per heavy atom. The molecule has 2 rings (SSSR count). The van der Waals surface area contributed by atoms with Gasteiger partial charge in [-0.1, -0.05) is 12.1 Å². The van der Waals surface area contributed by atoms with Gasteiger partial charge in [0.25, 0.3) is 0 Å². The van der Waals surface area contributed by atoms with Crippen LogP contribution in [0, 0.1) is 0 Å². The topological polar surface area (TPSA) is 63.8 Å². The van der Waals surface area contributed by atoms with Crippen molar-refractivity contribution in [2.75, 3.05) is 11.1 Å². The van der Waals surface area contributed by atoms with Crippen LogP contribution in [0.4, 0.5) is 30.6 Å². The Hall–Kier alpha value is -1.83. The maximum absolute atomic E-state index is 12.8. The molecule has 0 fully saturated rings. The molecule has 0 bridgehead atoms. The number of nitrogen functional groups attached to an aromatic ring is 1. The minimum atomic E-state index is -4.46. The summed E-state index contributed by atoms with van der Waals surface area (Å²) in [5, 5.41) is 2.51. The van der Waals surface area contributed by atoms with Gasteiger partial charge in [-0.15, -0.1) is 0 Å². The third kappa shape index (κ3) is 3.34. The van der Waals surface area contributed by atoms with Crippen LogP contribution in [0.5, 0.6) is 0 Å². The summed E-state index contributed by atoms with van der Waals surface area (Å²) in [5.74, 6) is 0.137. The van der Waals surface area contributed by atoms with Crippen molar-refractivity contribution in [3.8, 4) is 0 Å². The third-order valence-electron chi connectivity index (χ3n) is 2.19. The number of rotatable bonds is 2. The van der Waals surface area contributed by atoms with E-state index in [1.54, 1.807) is 0 Å². The Kier molecular flexibility index (Phi) is 3.61. The minimum absolute atomic E-state index is 0.0106. The van der Waals surface area contributed by atoms with Crippen LogP contribution < -0.4 is 11.1 Å². The average Bonchev–Trinajstić information content (AvgIpc) is 2.26. The van der Waals surface area contributed by atoms with E-state index in [-0.39, 0.29) is 17.5 Å². The van der Waals surface area contributed by atoms with Crippen molar-refractivity contribution in [1.29, 1.82) is 0 Å². The van der Waals surface area contributed by atoms with Crippen LogP contribution in [0.25, 0.3) is 0 Å². The molecule has 0 saturated carbocycles. The van der Waals surface area contributed by atoms with Crippen molar-refractivity contribution in [3.05, 3.63) is 40.5 Å². The normalized spacial score (nSPS) is 11.4. The quantitative estimate of drug-likeness (QED) is 0.825. The molecular formula is C11H8BrF3N4. The summed E-state index contributed by atoms with van der Waals surface area (Å²) in [6, 6.07) is 6.51. The third-order valence-corrected chi connectivity index (χ3v) is 2.60. The van der Waals surface area contributed by atoms with Gasteiger partial charge in [-0.2, -0.15) is 18.2 Å². The minimum Gasteiger partial charge on any atom is -0.383 e. The second-order valence-electron chi connectivity index (χ2n) is 3.61. The molecule has 0 amide bonds. The molecule has 2 aromatic rings. The summed E-state index contributed by atoms with van der Waals surface area (Å²) in [4.78, 5) is 7.71. The SMILES string of the molecule is Nc1cc(Br)nc(Nc2ccccc2C(F)(F)F)n1. The van der Waals surface area contributed by atoms with Crippen LogP contribution in [0.15, 0.2) is 34.9 Å². The van der Waals surface area contributed by atoms with Crippen LogP contribution in [-0.2, 0) is 6.18 Å². The van der Waals surface area contributed by atoms with Crippen LogP contribution in [-0.4, -0.2) is 9.97 Å². The van der Waals surface area contributed by atoms with Crippen LogP contribution in [0.3, 0.4) is 0 Å². The number of hydrogen-bond acceptors (Lipinski definition) is 4. The highest BCUT2D eigenvalue weighted by Crippen LogP contribution is 2.35. The first-order valence-corrected chi connectivity index (χ1v) is 5.89. The van der Waals surface area contributed by atoms with Crippen molar-refractivity contribution in [1.82, 2.24) is 9.97 Å². The van der Waals surface area contributed by atoms with Gasteiger partial charge in [0, 0.05) is 6.07 Å². The summed E-state index contributed by atoms with van der Waals surface area (Å²) < 4.78 is 38.8. The Morgan fingerprint density at radius 2 is 1.84 bits per heavy atom. The van der Waals surface area contributed by atoms with E-state index < -0.39 is 11.7 Å². The molecule has 0 spiro atoms. The monoisotopic (exact) mass is 332 g/mol. The predicted molar refractivity (Wildman–Crippen MR) is 68.9 cm³/mol. The zero-order valence-corrected chi connectivity index (χ0v) is 11.0. The highest BCUT2D eigenvalue weighted by molar-refractivity contribution is 9.10. The first kappa shape index (κ1) is 13.6. The predicted octanol–water partition coefficient (Wildman–Crippen LogP) is 3.58. The van der Waals surface area contributed by atoms with Crippen LogP contribution >= 0.6 is 15.9 Å². The number of halogens is 4. The first-order chi connectivity index (χ1) is 8.86. The Labute approximate surface area is 115 Å². The number of aromatic nitrogens is 2. The summed E-state index contributed by atoms with van der Waals surface area (Å²) >= 11 is 3.09. The summed E-state index contributed by atoms with van der Waals surface area (Å²) in [5.41, 5.74) is 4.57. The molecule has 0 saturated heterocycles. The lowest BCUT2D eigenvalue weighted by Crippen LogP contribution is -2.10. The van der Waals surface area contributed by atoms with E-state index in [2.05, 4.69) is 31.2 Å². The molecule has 3 N–H and O–H groups in total. The number of para-hydroxylation sites is 1. The fourth-order valence-electron chi connectivity index (χ4n) is 1.45. The van der Waals surface area contributed by atoms with Gasteiger partial charge >= 0.3 is 6.18 Å². The molecule has 8 heteroatoms. The van der Waals surface area contributed by atoms with Crippen LogP contribution in [0.2, 0.25) is 0 Å². The molecule has 1 heterocycles. The summed E-state index contributed by atoms with van der Waals surface area (Å²) in [7, 11) is 0. The van der Waals surface area contributed by atoms with Crippen molar-refractivity contribution >= 4 is 33.4 Å². The number of alkyl halides is 3. The fraction of sp³-hybridized carbons (Fsp3) is 0.0909. The number of nitrogens with two attached hydrogens (primary N) is 1. The fourth-order valence-corrected chi connectivity index (χ4v) is 1.85. The Balaban J connectivity index is 2.38. The van der Waals surface area contributed by atoms with Crippen molar-refractivity contribution in [2.24, 2.45) is 0 Å². The molecule has 1 aromatic carbocycles. The number of hydrogen-bond donors (Lipinski definition) is 2. The maximum atomic E-state index is 12.8. The van der Waals surface area contributed by atoms with E-state index in [4.69, 9.17) is 5.73 Å². The zero-order valence-electron chi connectivity index (χ0n) is 9.37. The number of benzene rings is 1. The highest BCUT2D eigenvalue weighted by Gasteiger charge is 2.33.